The Morgan fingerprint density at radius 3 is 2.67 bits per heavy atom. The maximum atomic E-state index is 10.7. The minimum absolute atomic E-state index is 0.115. The quantitative estimate of drug-likeness (QED) is 0.465. The van der Waals surface area contributed by atoms with Crippen molar-refractivity contribution in [2.45, 2.75) is 37.7 Å². The lowest BCUT2D eigenvalue weighted by molar-refractivity contribution is -0.148. The van der Waals surface area contributed by atoms with E-state index in [1.165, 1.54) is 13.3 Å². The van der Waals surface area contributed by atoms with Crippen LogP contribution in [0.3, 0.4) is 0 Å². The highest BCUT2D eigenvalue weighted by molar-refractivity contribution is 6.21. The molecule has 0 aromatic heterocycles. The fourth-order valence-corrected chi connectivity index (χ4v) is 3.05. The van der Waals surface area contributed by atoms with Crippen molar-refractivity contribution < 1.29 is 9.53 Å². The maximum absolute atomic E-state index is 10.7. The molecule has 3 heteroatoms. The lowest BCUT2D eigenvalue weighted by atomic mass is 9.98. The van der Waals surface area contributed by atoms with E-state index in [0.29, 0.717) is 11.8 Å². The van der Waals surface area contributed by atoms with Crippen LogP contribution in [-0.2, 0) is 9.53 Å². The molecule has 2 nitrogen and oxygen atoms in total. The zero-order valence-corrected chi connectivity index (χ0v) is 7.88. The molecule has 68 valence electrons. The smallest absolute Gasteiger partial charge is 0.302 e. The number of esters is 1. The van der Waals surface area contributed by atoms with Gasteiger partial charge in [-0.25, -0.2) is 0 Å². The molecule has 12 heavy (non-hydrogen) atoms. The van der Waals surface area contributed by atoms with Crippen molar-refractivity contribution in [2.75, 3.05) is 0 Å². The summed E-state index contributed by atoms with van der Waals surface area (Å²) in [5, 5.41) is 0.259. The molecule has 0 heterocycles. The summed E-state index contributed by atoms with van der Waals surface area (Å²) in [6, 6.07) is 0. The topological polar surface area (TPSA) is 26.3 Å². The van der Waals surface area contributed by atoms with Gasteiger partial charge in [0, 0.05) is 18.2 Å². The Morgan fingerprint density at radius 2 is 2.25 bits per heavy atom. The van der Waals surface area contributed by atoms with E-state index < -0.39 is 0 Å². The Kier molecular flexibility index (Phi) is 2.03. The third-order valence-corrected chi connectivity index (χ3v) is 3.74. The number of fused-ring (bicyclic) bond motifs is 2. The van der Waals surface area contributed by atoms with E-state index in [2.05, 4.69) is 0 Å². The van der Waals surface area contributed by atoms with Crippen molar-refractivity contribution in [1.29, 1.82) is 0 Å². The molecule has 0 radical (unpaired) electrons. The van der Waals surface area contributed by atoms with Crippen molar-refractivity contribution in [3.63, 3.8) is 0 Å². The lowest BCUT2D eigenvalue weighted by Gasteiger charge is -2.20. The van der Waals surface area contributed by atoms with E-state index in [0.717, 1.165) is 12.8 Å². The molecular formula is C9H13ClO2. The Bertz CT molecular complexity index is 205. The summed E-state index contributed by atoms with van der Waals surface area (Å²) in [6.07, 6.45) is 3.45. The number of carbonyl (C=O) groups is 1. The molecule has 0 spiro atoms. The summed E-state index contributed by atoms with van der Waals surface area (Å²) in [4.78, 5) is 10.7. The monoisotopic (exact) mass is 188 g/mol. The highest BCUT2D eigenvalue weighted by Crippen LogP contribution is 2.48. The highest BCUT2D eigenvalue weighted by atomic mass is 35.5. The second-order valence-electron chi connectivity index (χ2n) is 3.83. The molecule has 2 bridgehead atoms. The minimum Gasteiger partial charge on any atom is -0.462 e. The average Bonchev–Trinajstić information content (AvgIpc) is 2.44. The Hall–Kier alpha value is -0.240. The molecule has 2 aliphatic rings. The normalized spacial score (nSPS) is 44.8. The number of ether oxygens (including phenoxy) is 1. The zero-order valence-electron chi connectivity index (χ0n) is 7.13. The minimum atomic E-state index is -0.170. The molecule has 4 atom stereocenters. The van der Waals surface area contributed by atoms with Crippen LogP contribution < -0.4 is 0 Å². The summed E-state index contributed by atoms with van der Waals surface area (Å²) in [7, 11) is 0. The van der Waals surface area contributed by atoms with Gasteiger partial charge in [0.15, 0.2) is 0 Å². The number of hydrogen-bond acceptors (Lipinski definition) is 2. The number of alkyl halides is 1. The fourth-order valence-electron chi connectivity index (χ4n) is 2.54. The van der Waals surface area contributed by atoms with Crippen molar-refractivity contribution in [1.82, 2.24) is 0 Å². The Balaban J connectivity index is 1.99. The first-order valence-corrected chi connectivity index (χ1v) is 4.93. The van der Waals surface area contributed by atoms with Gasteiger partial charge in [-0.05, 0) is 25.2 Å². The molecule has 0 aromatic carbocycles. The van der Waals surface area contributed by atoms with Crippen LogP contribution in [-0.4, -0.2) is 17.5 Å². The Morgan fingerprint density at radius 1 is 1.50 bits per heavy atom. The third kappa shape index (κ3) is 1.22. The molecule has 0 amide bonds. The van der Waals surface area contributed by atoms with E-state index in [1.54, 1.807) is 0 Å². The molecule has 2 saturated carbocycles. The van der Waals surface area contributed by atoms with Crippen molar-refractivity contribution >= 4 is 17.6 Å². The van der Waals surface area contributed by atoms with Gasteiger partial charge in [0.2, 0.25) is 0 Å². The molecule has 0 unspecified atom stereocenters. The van der Waals surface area contributed by atoms with Crippen LogP contribution in [0.4, 0.5) is 0 Å². The van der Waals surface area contributed by atoms with Gasteiger partial charge in [0.05, 0.1) is 0 Å². The molecule has 0 aliphatic heterocycles. The van der Waals surface area contributed by atoms with Crippen LogP contribution in [0.25, 0.3) is 0 Å². The van der Waals surface area contributed by atoms with E-state index in [4.69, 9.17) is 16.3 Å². The van der Waals surface area contributed by atoms with Crippen LogP contribution in [0.5, 0.6) is 0 Å². The molecule has 0 aromatic rings. The third-order valence-electron chi connectivity index (χ3n) is 3.06. The maximum Gasteiger partial charge on any atom is 0.302 e. The summed E-state index contributed by atoms with van der Waals surface area (Å²) in [5.74, 6) is 0.859. The molecule has 0 saturated heterocycles. The summed E-state index contributed by atoms with van der Waals surface area (Å²) < 4.78 is 5.19. The average molecular weight is 189 g/mol. The van der Waals surface area contributed by atoms with Crippen molar-refractivity contribution in [2.24, 2.45) is 11.8 Å². The Labute approximate surface area is 77.2 Å². The largest absolute Gasteiger partial charge is 0.462 e. The summed E-state index contributed by atoms with van der Waals surface area (Å²) in [5.41, 5.74) is 0. The van der Waals surface area contributed by atoms with Crippen LogP contribution in [0, 0.1) is 11.8 Å². The van der Waals surface area contributed by atoms with E-state index in [-0.39, 0.29) is 17.5 Å². The van der Waals surface area contributed by atoms with E-state index >= 15 is 0 Å². The summed E-state index contributed by atoms with van der Waals surface area (Å²) >= 11 is 6.16. The molecular weight excluding hydrogens is 176 g/mol. The van der Waals surface area contributed by atoms with Crippen molar-refractivity contribution in [3.05, 3.63) is 0 Å². The first kappa shape index (κ1) is 8.36. The molecule has 0 N–H and O–H groups in total. The van der Waals surface area contributed by atoms with Gasteiger partial charge >= 0.3 is 5.97 Å². The number of carbonyl (C=O) groups excluding carboxylic acids is 1. The van der Waals surface area contributed by atoms with Gasteiger partial charge in [-0.15, -0.1) is 11.6 Å². The first-order valence-electron chi connectivity index (χ1n) is 4.50. The van der Waals surface area contributed by atoms with Gasteiger partial charge in [-0.1, -0.05) is 0 Å². The first-order chi connectivity index (χ1) is 5.68. The van der Waals surface area contributed by atoms with Gasteiger partial charge in [0.25, 0.3) is 0 Å². The number of halogens is 1. The fraction of sp³-hybridized carbons (Fsp3) is 0.889. The predicted molar refractivity (Wildman–Crippen MR) is 46.0 cm³/mol. The van der Waals surface area contributed by atoms with E-state index in [1.807, 2.05) is 0 Å². The second-order valence-corrected chi connectivity index (χ2v) is 4.33. The van der Waals surface area contributed by atoms with E-state index in [9.17, 15) is 4.79 Å². The van der Waals surface area contributed by atoms with Crippen molar-refractivity contribution in [3.8, 4) is 0 Å². The highest BCUT2D eigenvalue weighted by Gasteiger charge is 2.48. The van der Waals surface area contributed by atoms with Crippen LogP contribution >= 0.6 is 11.6 Å². The van der Waals surface area contributed by atoms with Gasteiger partial charge in [-0.2, -0.15) is 0 Å². The number of rotatable bonds is 1. The van der Waals surface area contributed by atoms with Gasteiger partial charge in [0.1, 0.15) is 6.10 Å². The van der Waals surface area contributed by atoms with Crippen LogP contribution in [0.2, 0.25) is 0 Å². The zero-order chi connectivity index (χ0) is 8.72. The summed E-state index contributed by atoms with van der Waals surface area (Å²) in [6.45, 7) is 1.47. The second kappa shape index (κ2) is 2.91. The van der Waals surface area contributed by atoms with Gasteiger partial charge < -0.3 is 4.74 Å². The SMILES string of the molecule is CC(=O)O[C@@H]1C[C@@H]2CC[C@H]1[C@H]2Cl. The molecule has 2 aliphatic carbocycles. The van der Waals surface area contributed by atoms with Crippen LogP contribution in [0.15, 0.2) is 0 Å². The lowest BCUT2D eigenvalue weighted by Crippen LogP contribution is -2.23. The molecule has 2 fully saturated rings. The predicted octanol–water partition coefficient (Wildman–Crippen LogP) is 1.96. The number of hydrogen-bond donors (Lipinski definition) is 0. The van der Waals surface area contributed by atoms with Gasteiger partial charge in [-0.3, -0.25) is 4.79 Å². The standard InChI is InChI=1S/C9H13ClO2/c1-5(11)12-8-4-6-2-3-7(8)9(6)10/h6-9H,2-4H2,1H3/t6-,7+,8+,9-/m0/s1. The molecule has 2 rings (SSSR count). The van der Waals surface area contributed by atoms with Crippen LogP contribution in [0.1, 0.15) is 26.2 Å².